The standard InChI is InChI=1S/C19H22F3N3O2/c20-19(21,22)14-3-1-4-15(8-14)23-18(27)24-9-12-7-13(11-24)16-5-2-6-17(26)25(16)10-12/h1,3-4,8,12-13,16H,2,5-7,9-11H2,(H,23,27)/t12-,13-,16-/m1/s1. The Morgan fingerprint density at radius 2 is 2.00 bits per heavy atom. The van der Waals surface area contributed by atoms with E-state index in [1.165, 1.54) is 12.1 Å². The number of rotatable bonds is 1. The summed E-state index contributed by atoms with van der Waals surface area (Å²) in [6.45, 7) is 1.74. The first-order valence-corrected chi connectivity index (χ1v) is 9.34. The summed E-state index contributed by atoms with van der Waals surface area (Å²) >= 11 is 0. The van der Waals surface area contributed by atoms with Crippen molar-refractivity contribution in [3.63, 3.8) is 0 Å². The van der Waals surface area contributed by atoms with Gasteiger partial charge in [-0.05, 0) is 49.3 Å². The largest absolute Gasteiger partial charge is 0.416 e. The molecule has 0 unspecified atom stereocenters. The number of anilines is 1. The van der Waals surface area contributed by atoms with Gasteiger partial charge in [0.2, 0.25) is 5.91 Å². The Kier molecular flexibility index (Phi) is 4.52. The van der Waals surface area contributed by atoms with E-state index in [0.29, 0.717) is 26.1 Å². The second-order valence-electron chi connectivity index (χ2n) is 7.78. The lowest BCUT2D eigenvalue weighted by molar-refractivity contribution is -0.144. The molecule has 1 aromatic rings. The molecule has 4 rings (SSSR count). The fourth-order valence-corrected chi connectivity index (χ4v) is 4.75. The summed E-state index contributed by atoms with van der Waals surface area (Å²) in [5, 5.41) is 2.60. The van der Waals surface area contributed by atoms with E-state index in [4.69, 9.17) is 0 Å². The van der Waals surface area contributed by atoms with Crippen molar-refractivity contribution in [3.8, 4) is 0 Å². The Balaban J connectivity index is 1.44. The first-order valence-electron chi connectivity index (χ1n) is 9.34. The Morgan fingerprint density at radius 3 is 2.78 bits per heavy atom. The molecule has 3 aliphatic heterocycles. The van der Waals surface area contributed by atoms with E-state index in [9.17, 15) is 22.8 Å². The molecule has 3 aliphatic rings. The van der Waals surface area contributed by atoms with E-state index >= 15 is 0 Å². The van der Waals surface area contributed by atoms with E-state index in [0.717, 1.165) is 31.4 Å². The molecule has 2 bridgehead atoms. The number of hydrogen-bond donors (Lipinski definition) is 1. The summed E-state index contributed by atoms with van der Waals surface area (Å²) in [5.41, 5.74) is -0.646. The summed E-state index contributed by atoms with van der Waals surface area (Å²) in [6.07, 6.45) is -0.985. The molecule has 3 fully saturated rings. The Labute approximate surface area is 155 Å². The molecular weight excluding hydrogens is 359 g/mol. The quantitative estimate of drug-likeness (QED) is 0.809. The number of fused-ring (bicyclic) bond motifs is 4. The molecule has 3 atom stereocenters. The minimum Gasteiger partial charge on any atom is -0.339 e. The molecule has 146 valence electrons. The maximum Gasteiger partial charge on any atom is 0.416 e. The molecule has 8 heteroatoms. The lowest BCUT2D eigenvalue weighted by atomic mass is 9.76. The first kappa shape index (κ1) is 18.1. The Morgan fingerprint density at radius 1 is 1.19 bits per heavy atom. The van der Waals surface area contributed by atoms with Crippen LogP contribution in [0.5, 0.6) is 0 Å². The van der Waals surface area contributed by atoms with Gasteiger partial charge in [0.05, 0.1) is 5.56 Å². The summed E-state index contributed by atoms with van der Waals surface area (Å²) in [7, 11) is 0. The topological polar surface area (TPSA) is 52.7 Å². The van der Waals surface area contributed by atoms with Gasteiger partial charge in [0.15, 0.2) is 0 Å². The lowest BCUT2D eigenvalue weighted by Crippen LogP contribution is -2.61. The molecule has 5 nitrogen and oxygen atoms in total. The van der Waals surface area contributed by atoms with Crippen LogP contribution in [0.3, 0.4) is 0 Å². The number of carbonyl (C=O) groups is 2. The smallest absolute Gasteiger partial charge is 0.339 e. The van der Waals surface area contributed by atoms with Crippen molar-refractivity contribution in [1.29, 1.82) is 0 Å². The maximum atomic E-state index is 12.8. The van der Waals surface area contributed by atoms with Crippen molar-refractivity contribution < 1.29 is 22.8 Å². The number of halogens is 3. The fraction of sp³-hybridized carbons (Fsp3) is 0.579. The van der Waals surface area contributed by atoms with Crippen LogP contribution in [0.25, 0.3) is 0 Å². The number of benzene rings is 1. The number of nitrogens with one attached hydrogen (secondary N) is 1. The summed E-state index contributed by atoms with van der Waals surface area (Å²) in [4.78, 5) is 28.5. The summed E-state index contributed by atoms with van der Waals surface area (Å²) in [5.74, 6) is 0.686. The molecule has 3 saturated heterocycles. The highest BCUT2D eigenvalue weighted by atomic mass is 19.4. The number of nitrogens with zero attached hydrogens (tertiary/aromatic N) is 2. The van der Waals surface area contributed by atoms with Gasteiger partial charge in [-0.2, -0.15) is 13.2 Å². The predicted octanol–water partition coefficient (Wildman–Crippen LogP) is 3.57. The number of carbonyl (C=O) groups excluding carboxylic acids is 2. The molecule has 3 heterocycles. The molecule has 3 amide bonds. The molecule has 1 N–H and O–H groups in total. The highest BCUT2D eigenvalue weighted by Crippen LogP contribution is 2.38. The van der Waals surface area contributed by atoms with E-state index in [-0.39, 0.29) is 35.5 Å². The number of alkyl halides is 3. The van der Waals surface area contributed by atoms with Gasteiger partial charge >= 0.3 is 12.2 Å². The Bertz CT molecular complexity index is 752. The predicted molar refractivity (Wildman–Crippen MR) is 93.0 cm³/mol. The normalized spacial score (nSPS) is 28.0. The van der Waals surface area contributed by atoms with E-state index < -0.39 is 11.7 Å². The minimum absolute atomic E-state index is 0.139. The van der Waals surface area contributed by atoms with Crippen LogP contribution in [0.15, 0.2) is 24.3 Å². The summed E-state index contributed by atoms with van der Waals surface area (Å²) < 4.78 is 38.5. The van der Waals surface area contributed by atoms with Crippen LogP contribution in [0.1, 0.15) is 31.2 Å². The van der Waals surface area contributed by atoms with E-state index in [1.807, 2.05) is 4.90 Å². The van der Waals surface area contributed by atoms with Crippen LogP contribution < -0.4 is 5.32 Å². The number of likely N-dealkylation sites (tertiary alicyclic amines) is 1. The third-order valence-corrected chi connectivity index (χ3v) is 5.91. The second kappa shape index (κ2) is 6.73. The average Bonchev–Trinajstić information content (AvgIpc) is 2.62. The average molecular weight is 381 g/mol. The van der Waals surface area contributed by atoms with Crippen LogP contribution in [0.2, 0.25) is 0 Å². The van der Waals surface area contributed by atoms with Crippen molar-refractivity contribution in [2.45, 2.75) is 37.9 Å². The zero-order chi connectivity index (χ0) is 19.2. The first-order chi connectivity index (χ1) is 12.8. The SMILES string of the molecule is O=C(Nc1cccc(C(F)(F)F)c1)N1C[C@H]2C[C@H](C1)[C@H]1CCCC(=O)N1C2. The Hall–Kier alpha value is -2.25. The van der Waals surface area contributed by atoms with Crippen LogP contribution in [0.4, 0.5) is 23.7 Å². The van der Waals surface area contributed by atoms with Crippen molar-refractivity contribution >= 4 is 17.6 Å². The highest BCUT2D eigenvalue weighted by Gasteiger charge is 2.44. The van der Waals surface area contributed by atoms with Gasteiger partial charge in [-0.1, -0.05) is 6.07 Å². The minimum atomic E-state index is -4.44. The monoisotopic (exact) mass is 381 g/mol. The molecule has 0 saturated carbocycles. The van der Waals surface area contributed by atoms with Crippen molar-refractivity contribution in [2.75, 3.05) is 25.0 Å². The van der Waals surface area contributed by atoms with Crippen LogP contribution >= 0.6 is 0 Å². The van der Waals surface area contributed by atoms with Crippen molar-refractivity contribution in [3.05, 3.63) is 29.8 Å². The molecule has 0 spiro atoms. The van der Waals surface area contributed by atoms with Gasteiger partial charge in [-0.3, -0.25) is 4.79 Å². The number of piperidine rings is 3. The maximum absolute atomic E-state index is 12.8. The van der Waals surface area contributed by atoms with E-state index in [1.54, 1.807) is 4.90 Å². The van der Waals surface area contributed by atoms with Gasteiger partial charge in [0.1, 0.15) is 0 Å². The highest BCUT2D eigenvalue weighted by molar-refractivity contribution is 5.89. The van der Waals surface area contributed by atoms with Gasteiger partial charge in [-0.25, -0.2) is 4.79 Å². The molecule has 0 aromatic heterocycles. The van der Waals surface area contributed by atoms with Crippen molar-refractivity contribution in [2.24, 2.45) is 11.8 Å². The van der Waals surface area contributed by atoms with Crippen molar-refractivity contribution in [1.82, 2.24) is 9.80 Å². The van der Waals surface area contributed by atoms with Gasteiger partial charge in [0.25, 0.3) is 0 Å². The summed E-state index contributed by atoms with van der Waals surface area (Å²) in [6, 6.07) is 4.49. The molecule has 1 aromatic carbocycles. The third-order valence-electron chi connectivity index (χ3n) is 5.91. The lowest BCUT2D eigenvalue weighted by Gasteiger charge is -2.52. The number of hydrogen-bond acceptors (Lipinski definition) is 2. The number of amides is 3. The third kappa shape index (κ3) is 3.61. The fourth-order valence-electron chi connectivity index (χ4n) is 4.75. The molecule has 0 aliphatic carbocycles. The zero-order valence-electron chi connectivity index (χ0n) is 14.8. The zero-order valence-corrected chi connectivity index (χ0v) is 14.8. The van der Waals surface area contributed by atoms with Crippen LogP contribution in [-0.2, 0) is 11.0 Å². The second-order valence-corrected chi connectivity index (χ2v) is 7.78. The van der Waals surface area contributed by atoms with E-state index in [2.05, 4.69) is 5.32 Å². The molecular formula is C19H22F3N3O2. The van der Waals surface area contributed by atoms with Crippen LogP contribution in [0, 0.1) is 11.8 Å². The number of urea groups is 1. The van der Waals surface area contributed by atoms with Gasteiger partial charge in [0, 0.05) is 37.8 Å². The molecule has 0 radical (unpaired) electrons. The van der Waals surface area contributed by atoms with Crippen LogP contribution in [-0.4, -0.2) is 47.4 Å². The van der Waals surface area contributed by atoms with Gasteiger partial charge in [-0.15, -0.1) is 0 Å². The van der Waals surface area contributed by atoms with Gasteiger partial charge < -0.3 is 15.1 Å². The molecule has 27 heavy (non-hydrogen) atoms.